The third kappa shape index (κ3) is 2.16. The highest BCUT2D eigenvalue weighted by atomic mass is 16.5. The molecule has 1 aliphatic carbocycles. The van der Waals surface area contributed by atoms with E-state index in [9.17, 15) is 0 Å². The molecule has 1 fully saturated rings. The molecule has 6 heteroatoms. The topological polar surface area (TPSA) is 91.0 Å². The molecular weight excluding hydrogens is 244 g/mol. The molecule has 0 spiro atoms. The van der Waals surface area contributed by atoms with Gasteiger partial charge in [0.15, 0.2) is 12.2 Å². The van der Waals surface area contributed by atoms with Crippen molar-refractivity contribution in [3.05, 3.63) is 17.9 Å². The number of hydrogen-bond donors (Lipinski definition) is 1. The van der Waals surface area contributed by atoms with E-state index >= 15 is 0 Å². The highest BCUT2D eigenvalue weighted by Crippen LogP contribution is 2.37. The van der Waals surface area contributed by atoms with Gasteiger partial charge in [0.05, 0.1) is 11.2 Å². The van der Waals surface area contributed by atoms with Gasteiger partial charge in [0.2, 0.25) is 5.76 Å². The molecule has 0 bridgehead atoms. The van der Waals surface area contributed by atoms with Crippen molar-refractivity contribution in [3.8, 4) is 11.7 Å². The lowest BCUT2D eigenvalue weighted by atomic mass is 9.76. The Morgan fingerprint density at radius 3 is 3.00 bits per heavy atom. The van der Waals surface area contributed by atoms with E-state index in [-0.39, 0.29) is 0 Å². The first-order chi connectivity index (χ1) is 9.08. The zero-order valence-electron chi connectivity index (χ0n) is 11.2. The van der Waals surface area contributed by atoms with Gasteiger partial charge >= 0.3 is 0 Å². The van der Waals surface area contributed by atoms with Crippen molar-refractivity contribution < 1.29 is 8.94 Å². The lowest BCUT2D eigenvalue weighted by Crippen LogP contribution is -2.42. The van der Waals surface area contributed by atoms with Crippen LogP contribution in [0.2, 0.25) is 0 Å². The van der Waals surface area contributed by atoms with Gasteiger partial charge in [-0.05, 0) is 25.7 Å². The maximum Gasteiger partial charge on any atom is 0.295 e. The number of hydrogen-bond acceptors (Lipinski definition) is 6. The highest BCUT2D eigenvalue weighted by molar-refractivity contribution is 5.46. The molecule has 2 atom stereocenters. The number of nitrogens with zero attached hydrogens (tertiary/aromatic N) is 3. The smallest absolute Gasteiger partial charge is 0.295 e. The van der Waals surface area contributed by atoms with Crippen LogP contribution in [0.4, 0.5) is 0 Å². The Morgan fingerprint density at radius 1 is 1.47 bits per heavy atom. The molecule has 19 heavy (non-hydrogen) atoms. The van der Waals surface area contributed by atoms with Crippen molar-refractivity contribution in [2.75, 3.05) is 0 Å². The van der Waals surface area contributed by atoms with Crippen molar-refractivity contribution in [1.82, 2.24) is 15.1 Å². The van der Waals surface area contributed by atoms with E-state index in [1.807, 2.05) is 6.92 Å². The molecule has 0 amide bonds. The molecule has 2 heterocycles. The van der Waals surface area contributed by atoms with E-state index in [0.717, 1.165) is 25.0 Å². The molecule has 1 saturated carbocycles. The van der Waals surface area contributed by atoms with Crippen molar-refractivity contribution >= 4 is 0 Å². The van der Waals surface area contributed by atoms with Gasteiger partial charge in [0.1, 0.15) is 0 Å². The average molecular weight is 262 g/mol. The highest BCUT2D eigenvalue weighted by Gasteiger charge is 2.37. The summed E-state index contributed by atoms with van der Waals surface area (Å²) >= 11 is 0. The van der Waals surface area contributed by atoms with Crippen LogP contribution < -0.4 is 5.73 Å². The normalized spacial score (nSPS) is 27.6. The second-order valence-electron chi connectivity index (χ2n) is 5.55. The molecule has 0 aromatic carbocycles. The van der Waals surface area contributed by atoms with Crippen LogP contribution in [-0.4, -0.2) is 15.1 Å². The summed E-state index contributed by atoms with van der Waals surface area (Å²) in [6.45, 7) is 4.05. The summed E-state index contributed by atoms with van der Waals surface area (Å²) in [5, 5.41) is 4.04. The minimum Gasteiger partial charge on any atom is -0.438 e. The molecule has 0 saturated heterocycles. The summed E-state index contributed by atoms with van der Waals surface area (Å²) in [6.07, 6.45) is 5.47. The monoisotopic (exact) mass is 262 g/mol. The zero-order chi connectivity index (χ0) is 13.5. The van der Waals surface area contributed by atoms with Crippen molar-refractivity contribution in [2.24, 2.45) is 11.7 Å². The van der Waals surface area contributed by atoms with Gasteiger partial charge in [-0.1, -0.05) is 24.9 Å². The fraction of sp³-hybridized carbons (Fsp3) is 0.615. The van der Waals surface area contributed by atoms with Gasteiger partial charge in [0.25, 0.3) is 5.89 Å². The van der Waals surface area contributed by atoms with E-state index in [2.05, 4.69) is 22.0 Å². The Kier molecular flexibility index (Phi) is 2.89. The molecule has 0 aliphatic heterocycles. The number of aryl methyl sites for hydroxylation is 1. The molecule has 2 aromatic heterocycles. The predicted molar refractivity (Wildman–Crippen MR) is 68.0 cm³/mol. The Hall–Kier alpha value is -1.69. The quantitative estimate of drug-likeness (QED) is 0.893. The number of aromatic nitrogens is 3. The first kappa shape index (κ1) is 12.3. The summed E-state index contributed by atoms with van der Waals surface area (Å²) in [7, 11) is 0. The van der Waals surface area contributed by atoms with Crippen LogP contribution in [-0.2, 0) is 5.54 Å². The van der Waals surface area contributed by atoms with E-state index in [4.69, 9.17) is 14.7 Å². The fourth-order valence-electron chi connectivity index (χ4n) is 2.82. The standard InChI is InChI=1S/C13H18N4O2/c1-8-4-3-5-13(14,6-8)12-16-11(19-17-12)10-9(2)15-7-18-10/h7-8H,3-6,14H2,1-2H3. The summed E-state index contributed by atoms with van der Waals surface area (Å²) in [4.78, 5) is 8.43. The van der Waals surface area contributed by atoms with E-state index < -0.39 is 5.54 Å². The van der Waals surface area contributed by atoms with Crippen LogP contribution in [0.5, 0.6) is 0 Å². The molecule has 102 valence electrons. The Labute approximate surface area is 111 Å². The number of oxazole rings is 1. The molecule has 1 aliphatic rings. The SMILES string of the molecule is Cc1ncoc1-c1nc(C2(N)CCCC(C)C2)no1. The largest absolute Gasteiger partial charge is 0.438 e. The van der Waals surface area contributed by atoms with Crippen LogP contribution in [0.15, 0.2) is 15.3 Å². The van der Waals surface area contributed by atoms with Gasteiger partial charge < -0.3 is 14.7 Å². The maximum absolute atomic E-state index is 6.44. The van der Waals surface area contributed by atoms with Crippen molar-refractivity contribution in [1.29, 1.82) is 0 Å². The molecule has 6 nitrogen and oxygen atoms in total. The molecule has 0 radical (unpaired) electrons. The van der Waals surface area contributed by atoms with E-state index in [0.29, 0.717) is 23.4 Å². The van der Waals surface area contributed by atoms with Gasteiger partial charge in [-0.2, -0.15) is 4.98 Å². The minimum atomic E-state index is -0.479. The summed E-state index contributed by atoms with van der Waals surface area (Å²) < 4.78 is 10.5. The lowest BCUT2D eigenvalue weighted by molar-refractivity contribution is 0.222. The Morgan fingerprint density at radius 2 is 2.32 bits per heavy atom. The van der Waals surface area contributed by atoms with Crippen molar-refractivity contribution in [2.45, 2.75) is 45.1 Å². The molecular formula is C13H18N4O2. The summed E-state index contributed by atoms with van der Waals surface area (Å²) in [5.74, 6) is 2.04. The van der Waals surface area contributed by atoms with Crippen LogP contribution in [0.25, 0.3) is 11.7 Å². The van der Waals surface area contributed by atoms with Crippen LogP contribution in [0.3, 0.4) is 0 Å². The Balaban J connectivity index is 1.91. The third-order valence-corrected chi connectivity index (χ3v) is 3.84. The summed E-state index contributed by atoms with van der Waals surface area (Å²) in [5.41, 5.74) is 6.70. The van der Waals surface area contributed by atoms with Crippen LogP contribution in [0.1, 0.15) is 44.1 Å². The molecule has 2 N–H and O–H groups in total. The fourth-order valence-corrected chi connectivity index (χ4v) is 2.82. The third-order valence-electron chi connectivity index (χ3n) is 3.84. The second-order valence-corrected chi connectivity index (χ2v) is 5.55. The molecule has 3 rings (SSSR count). The van der Waals surface area contributed by atoms with Crippen LogP contribution >= 0.6 is 0 Å². The number of rotatable bonds is 2. The second kappa shape index (κ2) is 4.45. The van der Waals surface area contributed by atoms with Gasteiger partial charge in [-0.15, -0.1) is 0 Å². The van der Waals surface area contributed by atoms with Gasteiger partial charge in [-0.25, -0.2) is 4.98 Å². The lowest BCUT2D eigenvalue weighted by Gasteiger charge is -2.33. The molecule has 2 unspecified atom stereocenters. The first-order valence-electron chi connectivity index (χ1n) is 6.62. The van der Waals surface area contributed by atoms with E-state index in [1.165, 1.54) is 12.8 Å². The Bertz CT molecular complexity index is 577. The summed E-state index contributed by atoms with van der Waals surface area (Å²) in [6, 6.07) is 0. The van der Waals surface area contributed by atoms with Gasteiger partial charge in [0, 0.05) is 0 Å². The molecule has 2 aromatic rings. The first-order valence-corrected chi connectivity index (χ1v) is 6.62. The average Bonchev–Trinajstić information content (AvgIpc) is 2.96. The van der Waals surface area contributed by atoms with E-state index in [1.54, 1.807) is 0 Å². The van der Waals surface area contributed by atoms with Crippen molar-refractivity contribution in [3.63, 3.8) is 0 Å². The van der Waals surface area contributed by atoms with Crippen LogP contribution in [0, 0.1) is 12.8 Å². The minimum absolute atomic E-state index is 0.355. The predicted octanol–water partition coefficient (Wildman–Crippen LogP) is 2.40. The zero-order valence-corrected chi connectivity index (χ0v) is 11.2. The van der Waals surface area contributed by atoms with Gasteiger partial charge in [-0.3, -0.25) is 0 Å². The maximum atomic E-state index is 6.44. The number of nitrogens with two attached hydrogens (primary N) is 1.